The van der Waals surface area contributed by atoms with Crippen LogP contribution < -0.4 is 5.73 Å². The molecule has 0 aromatic rings. The van der Waals surface area contributed by atoms with Crippen LogP contribution >= 0.6 is 0 Å². The van der Waals surface area contributed by atoms with Gasteiger partial charge in [-0.3, -0.25) is 9.80 Å². The van der Waals surface area contributed by atoms with E-state index in [0.29, 0.717) is 6.04 Å². The molecule has 4 heterocycles. The van der Waals surface area contributed by atoms with Crippen molar-refractivity contribution >= 4 is 0 Å². The molecule has 0 radical (unpaired) electrons. The summed E-state index contributed by atoms with van der Waals surface area (Å²) in [6, 6.07) is 1.44. The summed E-state index contributed by atoms with van der Waals surface area (Å²) in [5.74, 6) is 1.94. The van der Waals surface area contributed by atoms with Gasteiger partial charge in [-0.05, 0) is 44.3 Å². The van der Waals surface area contributed by atoms with Crippen LogP contribution in [0.5, 0.6) is 0 Å². The summed E-state index contributed by atoms with van der Waals surface area (Å²) in [5, 5.41) is 0. The highest BCUT2D eigenvalue weighted by Crippen LogP contribution is 2.43. The molecule has 3 nitrogen and oxygen atoms in total. The minimum Gasteiger partial charge on any atom is -0.329 e. The van der Waals surface area contributed by atoms with Crippen molar-refractivity contribution in [2.45, 2.75) is 31.8 Å². The third kappa shape index (κ3) is 1.37. The zero-order valence-electron chi connectivity index (χ0n) is 9.73. The molecule has 0 saturated carbocycles. The first-order valence-electron chi connectivity index (χ1n) is 6.53. The van der Waals surface area contributed by atoms with Crippen molar-refractivity contribution in [1.29, 1.82) is 0 Å². The van der Waals surface area contributed by atoms with Gasteiger partial charge in [0.05, 0.1) is 0 Å². The Morgan fingerprint density at radius 1 is 1.27 bits per heavy atom. The highest BCUT2D eigenvalue weighted by atomic mass is 15.3. The SMILES string of the molecule is CCN1CC2C3CCN(CC3)C2C1CN. The summed E-state index contributed by atoms with van der Waals surface area (Å²) in [5.41, 5.74) is 5.97. The lowest BCUT2D eigenvalue weighted by Gasteiger charge is -2.49. The Hall–Kier alpha value is -0.120. The Morgan fingerprint density at radius 3 is 2.60 bits per heavy atom. The van der Waals surface area contributed by atoms with Gasteiger partial charge in [0.25, 0.3) is 0 Å². The molecule has 86 valence electrons. The summed E-state index contributed by atoms with van der Waals surface area (Å²) in [6.07, 6.45) is 2.88. The van der Waals surface area contributed by atoms with E-state index in [2.05, 4.69) is 16.7 Å². The van der Waals surface area contributed by atoms with E-state index in [1.54, 1.807) is 0 Å². The molecule has 2 bridgehead atoms. The average molecular weight is 209 g/mol. The van der Waals surface area contributed by atoms with Crippen LogP contribution in [0, 0.1) is 11.8 Å². The second-order valence-electron chi connectivity index (χ2n) is 5.42. The summed E-state index contributed by atoms with van der Waals surface area (Å²) < 4.78 is 0. The Kier molecular flexibility index (Phi) is 2.49. The first-order valence-corrected chi connectivity index (χ1v) is 6.53. The highest BCUT2D eigenvalue weighted by Gasteiger charge is 2.51. The Morgan fingerprint density at radius 2 is 2.00 bits per heavy atom. The number of hydrogen-bond donors (Lipinski definition) is 1. The lowest BCUT2D eigenvalue weighted by Crippen LogP contribution is -2.58. The number of piperidine rings is 3. The maximum absolute atomic E-state index is 5.97. The van der Waals surface area contributed by atoms with E-state index in [4.69, 9.17) is 5.73 Å². The fourth-order valence-corrected chi connectivity index (χ4v) is 4.26. The number of hydrogen-bond acceptors (Lipinski definition) is 3. The monoisotopic (exact) mass is 209 g/mol. The maximum atomic E-state index is 5.97. The Labute approximate surface area is 92.6 Å². The topological polar surface area (TPSA) is 32.5 Å². The van der Waals surface area contributed by atoms with Gasteiger partial charge in [0.1, 0.15) is 0 Å². The van der Waals surface area contributed by atoms with Crippen molar-refractivity contribution in [3.8, 4) is 0 Å². The third-order valence-corrected chi connectivity index (χ3v) is 5.00. The fraction of sp³-hybridized carbons (Fsp3) is 1.00. The fourth-order valence-electron chi connectivity index (χ4n) is 4.26. The number of likely N-dealkylation sites (tertiary alicyclic amines) is 1. The van der Waals surface area contributed by atoms with Gasteiger partial charge < -0.3 is 5.73 Å². The molecule has 4 aliphatic rings. The smallest absolute Gasteiger partial charge is 0.0377 e. The quantitative estimate of drug-likeness (QED) is 0.713. The number of likely N-dealkylation sites (N-methyl/N-ethyl adjacent to an activating group) is 1. The van der Waals surface area contributed by atoms with Crippen LogP contribution in [0.3, 0.4) is 0 Å². The molecular weight excluding hydrogens is 186 g/mol. The van der Waals surface area contributed by atoms with Crippen LogP contribution in [0.4, 0.5) is 0 Å². The molecule has 0 aliphatic carbocycles. The van der Waals surface area contributed by atoms with Gasteiger partial charge in [-0.1, -0.05) is 6.92 Å². The third-order valence-electron chi connectivity index (χ3n) is 5.00. The summed E-state index contributed by atoms with van der Waals surface area (Å²) in [6.45, 7) is 8.27. The maximum Gasteiger partial charge on any atom is 0.0377 e. The molecule has 3 heteroatoms. The second-order valence-corrected chi connectivity index (χ2v) is 5.42. The highest BCUT2D eigenvalue weighted by molar-refractivity contribution is 5.06. The lowest BCUT2D eigenvalue weighted by atomic mass is 9.74. The first-order chi connectivity index (χ1) is 7.35. The van der Waals surface area contributed by atoms with Crippen LogP contribution in [0.25, 0.3) is 0 Å². The molecule has 3 atom stereocenters. The van der Waals surface area contributed by atoms with Crippen LogP contribution in [0.1, 0.15) is 19.8 Å². The van der Waals surface area contributed by atoms with Gasteiger partial charge in [-0.15, -0.1) is 0 Å². The van der Waals surface area contributed by atoms with E-state index in [9.17, 15) is 0 Å². The van der Waals surface area contributed by atoms with E-state index in [0.717, 1.165) is 24.4 Å². The zero-order chi connectivity index (χ0) is 10.4. The van der Waals surface area contributed by atoms with Crippen molar-refractivity contribution in [3.63, 3.8) is 0 Å². The molecular formula is C12H23N3. The van der Waals surface area contributed by atoms with Crippen LogP contribution in [0.2, 0.25) is 0 Å². The Bertz CT molecular complexity index is 233. The van der Waals surface area contributed by atoms with Gasteiger partial charge in [0.2, 0.25) is 0 Å². The largest absolute Gasteiger partial charge is 0.329 e. The molecule has 0 aromatic carbocycles. The van der Waals surface area contributed by atoms with Crippen LogP contribution in [0.15, 0.2) is 0 Å². The van der Waals surface area contributed by atoms with Crippen molar-refractivity contribution in [2.24, 2.45) is 17.6 Å². The predicted octanol–water partition coefficient (Wildman–Crippen LogP) is 0.360. The molecule has 0 amide bonds. The first kappa shape index (κ1) is 10.1. The van der Waals surface area contributed by atoms with E-state index in [1.165, 1.54) is 39.0 Å². The molecule has 4 fully saturated rings. The van der Waals surface area contributed by atoms with Gasteiger partial charge in [0, 0.05) is 25.2 Å². The van der Waals surface area contributed by atoms with Crippen molar-refractivity contribution in [3.05, 3.63) is 0 Å². The normalized spacial score (nSPS) is 49.6. The predicted molar refractivity (Wildman–Crippen MR) is 61.7 cm³/mol. The molecule has 3 unspecified atom stereocenters. The molecule has 2 N–H and O–H groups in total. The number of rotatable bonds is 2. The number of fused-ring (bicyclic) bond motifs is 2. The molecule has 4 aliphatic heterocycles. The van der Waals surface area contributed by atoms with E-state index in [-0.39, 0.29) is 0 Å². The van der Waals surface area contributed by atoms with Crippen LogP contribution in [-0.2, 0) is 0 Å². The molecule has 0 spiro atoms. The van der Waals surface area contributed by atoms with Crippen molar-refractivity contribution < 1.29 is 0 Å². The standard InChI is InChI=1S/C12H23N3/c1-2-14-8-10-9-3-5-15(6-4-9)12(10)11(14)7-13/h9-12H,2-8,13H2,1H3. The van der Waals surface area contributed by atoms with Crippen molar-refractivity contribution in [1.82, 2.24) is 9.80 Å². The summed E-state index contributed by atoms with van der Waals surface area (Å²) in [4.78, 5) is 5.34. The average Bonchev–Trinajstić information content (AvgIpc) is 2.70. The lowest BCUT2D eigenvalue weighted by molar-refractivity contribution is 0.00493. The molecule has 4 rings (SSSR count). The van der Waals surface area contributed by atoms with Crippen molar-refractivity contribution in [2.75, 3.05) is 32.7 Å². The number of nitrogens with zero attached hydrogens (tertiary/aromatic N) is 2. The van der Waals surface area contributed by atoms with Gasteiger partial charge in [0.15, 0.2) is 0 Å². The molecule has 0 aromatic heterocycles. The molecule has 4 saturated heterocycles. The Balaban J connectivity index is 1.85. The second kappa shape index (κ2) is 3.72. The minimum absolute atomic E-state index is 0.642. The summed E-state index contributed by atoms with van der Waals surface area (Å²) >= 11 is 0. The molecule has 15 heavy (non-hydrogen) atoms. The van der Waals surface area contributed by atoms with E-state index in [1.807, 2.05) is 0 Å². The minimum atomic E-state index is 0.642. The van der Waals surface area contributed by atoms with Gasteiger partial charge in [-0.2, -0.15) is 0 Å². The van der Waals surface area contributed by atoms with E-state index >= 15 is 0 Å². The van der Waals surface area contributed by atoms with Crippen LogP contribution in [-0.4, -0.2) is 54.6 Å². The van der Waals surface area contributed by atoms with Gasteiger partial charge >= 0.3 is 0 Å². The summed E-state index contributed by atoms with van der Waals surface area (Å²) in [7, 11) is 0. The zero-order valence-corrected chi connectivity index (χ0v) is 9.73. The van der Waals surface area contributed by atoms with Gasteiger partial charge in [-0.25, -0.2) is 0 Å². The van der Waals surface area contributed by atoms with E-state index < -0.39 is 0 Å². The number of nitrogens with two attached hydrogens (primary N) is 1.